The van der Waals surface area contributed by atoms with E-state index in [1.165, 1.54) is 24.8 Å². The van der Waals surface area contributed by atoms with Crippen LogP contribution in [0.1, 0.15) is 30.5 Å². The third kappa shape index (κ3) is 3.51. The lowest BCUT2D eigenvalue weighted by Gasteiger charge is -2.28. The molecule has 0 amide bonds. The third-order valence-corrected chi connectivity index (χ3v) is 3.79. The van der Waals surface area contributed by atoms with Crippen molar-refractivity contribution < 1.29 is 0 Å². The molecule has 1 fully saturated rings. The second-order valence-corrected chi connectivity index (χ2v) is 5.73. The molecule has 0 atom stereocenters. The number of nitrogens with zero attached hydrogens (tertiary/aromatic N) is 3. The van der Waals surface area contributed by atoms with Gasteiger partial charge >= 0.3 is 0 Å². The first kappa shape index (κ1) is 13.9. The van der Waals surface area contributed by atoms with E-state index in [1.807, 2.05) is 19.1 Å². The predicted octanol–water partition coefficient (Wildman–Crippen LogP) is 3.83. The molecule has 3 rings (SSSR count). The van der Waals surface area contributed by atoms with Crippen molar-refractivity contribution in [2.24, 2.45) is 0 Å². The van der Waals surface area contributed by atoms with Crippen LogP contribution in [-0.4, -0.2) is 23.1 Å². The monoisotopic (exact) mass is 282 g/mol. The number of piperidine rings is 1. The molecule has 1 aliphatic rings. The number of hydrogen-bond donors (Lipinski definition) is 1. The largest absolute Gasteiger partial charge is 0.356 e. The highest BCUT2D eigenvalue weighted by atomic mass is 15.2. The van der Waals surface area contributed by atoms with Gasteiger partial charge in [-0.25, -0.2) is 4.98 Å². The Morgan fingerprint density at radius 3 is 2.57 bits per heavy atom. The van der Waals surface area contributed by atoms with E-state index < -0.39 is 0 Å². The summed E-state index contributed by atoms with van der Waals surface area (Å²) < 4.78 is 0. The summed E-state index contributed by atoms with van der Waals surface area (Å²) in [5, 5.41) is 3.32. The zero-order chi connectivity index (χ0) is 14.7. The van der Waals surface area contributed by atoms with Crippen LogP contribution >= 0.6 is 0 Å². The zero-order valence-electron chi connectivity index (χ0n) is 12.8. The molecule has 1 aromatic carbocycles. The van der Waals surface area contributed by atoms with E-state index in [0.29, 0.717) is 5.95 Å². The molecular formula is C17H22N4. The van der Waals surface area contributed by atoms with Gasteiger partial charge in [0.15, 0.2) is 0 Å². The van der Waals surface area contributed by atoms with E-state index in [0.717, 1.165) is 30.3 Å². The number of aryl methyl sites for hydroxylation is 2. The Hall–Kier alpha value is -2.10. The van der Waals surface area contributed by atoms with Crippen LogP contribution in [-0.2, 0) is 0 Å². The maximum atomic E-state index is 4.69. The van der Waals surface area contributed by atoms with Crippen molar-refractivity contribution >= 4 is 17.5 Å². The fraction of sp³-hybridized carbons (Fsp3) is 0.412. The number of nitrogens with one attached hydrogen (secondary N) is 1. The van der Waals surface area contributed by atoms with E-state index in [1.54, 1.807) is 0 Å². The third-order valence-electron chi connectivity index (χ3n) is 3.79. The molecule has 0 unspecified atom stereocenters. The van der Waals surface area contributed by atoms with Crippen LogP contribution in [0.3, 0.4) is 0 Å². The van der Waals surface area contributed by atoms with Crippen molar-refractivity contribution in [3.8, 4) is 0 Å². The summed E-state index contributed by atoms with van der Waals surface area (Å²) in [4.78, 5) is 11.6. The van der Waals surface area contributed by atoms with Gasteiger partial charge in [0.25, 0.3) is 0 Å². The summed E-state index contributed by atoms with van der Waals surface area (Å²) in [6.07, 6.45) is 3.84. The normalized spacial score (nSPS) is 15.0. The highest BCUT2D eigenvalue weighted by molar-refractivity contribution is 5.56. The Morgan fingerprint density at radius 1 is 1.00 bits per heavy atom. The summed E-state index contributed by atoms with van der Waals surface area (Å²) in [6.45, 7) is 6.30. The van der Waals surface area contributed by atoms with Crippen LogP contribution in [0.15, 0.2) is 30.3 Å². The molecule has 1 N–H and O–H groups in total. The van der Waals surface area contributed by atoms with Crippen LogP contribution < -0.4 is 10.2 Å². The summed E-state index contributed by atoms with van der Waals surface area (Å²) in [6, 6.07) is 10.3. The molecular weight excluding hydrogens is 260 g/mol. The van der Waals surface area contributed by atoms with E-state index in [-0.39, 0.29) is 0 Å². The van der Waals surface area contributed by atoms with Gasteiger partial charge in [0.1, 0.15) is 5.82 Å². The van der Waals surface area contributed by atoms with Gasteiger partial charge in [0.2, 0.25) is 5.95 Å². The number of aromatic nitrogens is 2. The molecule has 0 radical (unpaired) electrons. The highest BCUT2D eigenvalue weighted by Gasteiger charge is 2.13. The molecule has 1 saturated heterocycles. The molecule has 4 nitrogen and oxygen atoms in total. The average molecular weight is 282 g/mol. The second kappa shape index (κ2) is 6.12. The molecule has 0 spiro atoms. The molecule has 4 heteroatoms. The fourth-order valence-corrected chi connectivity index (χ4v) is 2.74. The summed E-state index contributed by atoms with van der Waals surface area (Å²) in [7, 11) is 0. The number of anilines is 3. The average Bonchev–Trinajstić information content (AvgIpc) is 2.47. The lowest BCUT2D eigenvalue weighted by molar-refractivity contribution is 0.573. The van der Waals surface area contributed by atoms with Gasteiger partial charge in [-0.2, -0.15) is 4.98 Å². The molecule has 2 aromatic rings. The van der Waals surface area contributed by atoms with Crippen molar-refractivity contribution in [2.45, 2.75) is 33.1 Å². The van der Waals surface area contributed by atoms with Gasteiger partial charge in [-0.3, -0.25) is 0 Å². The first-order valence-corrected chi connectivity index (χ1v) is 7.65. The minimum Gasteiger partial charge on any atom is -0.356 e. The van der Waals surface area contributed by atoms with Crippen molar-refractivity contribution in [2.75, 3.05) is 23.3 Å². The van der Waals surface area contributed by atoms with Crippen LogP contribution in [0.5, 0.6) is 0 Å². The number of rotatable bonds is 3. The topological polar surface area (TPSA) is 41.1 Å². The Kier molecular flexibility index (Phi) is 4.04. The van der Waals surface area contributed by atoms with Crippen LogP contribution in [0.25, 0.3) is 0 Å². The smallest absolute Gasteiger partial charge is 0.229 e. The van der Waals surface area contributed by atoms with E-state index in [2.05, 4.69) is 45.3 Å². The van der Waals surface area contributed by atoms with Gasteiger partial charge in [0, 0.05) is 30.5 Å². The summed E-state index contributed by atoms with van der Waals surface area (Å²) in [5.41, 5.74) is 3.26. The standard InChI is InChI=1S/C17H22N4/c1-13-7-6-8-15(11-13)19-17-18-14(2)12-16(20-17)21-9-4-3-5-10-21/h6-8,11-12H,3-5,9-10H2,1-2H3,(H,18,19,20). The summed E-state index contributed by atoms with van der Waals surface area (Å²) >= 11 is 0. The summed E-state index contributed by atoms with van der Waals surface area (Å²) in [5.74, 6) is 1.72. The first-order chi connectivity index (χ1) is 10.2. The SMILES string of the molecule is Cc1cccc(Nc2nc(C)cc(N3CCCCC3)n2)c1. The van der Waals surface area contributed by atoms with Gasteiger partial charge in [-0.05, 0) is 50.8 Å². The lowest BCUT2D eigenvalue weighted by Crippen LogP contribution is -2.30. The zero-order valence-corrected chi connectivity index (χ0v) is 12.8. The van der Waals surface area contributed by atoms with Crippen LogP contribution in [0.4, 0.5) is 17.5 Å². The van der Waals surface area contributed by atoms with Gasteiger partial charge in [0.05, 0.1) is 0 Å². The highest BCUT2D eigenvalue weighted by Crippen LogP contribution is 2.21. The molecule has 0 aliphatic carbocycles. The van der Waals surface area contributed by atoms with Crippen LogP contribution in [0, 0.1) is 13.8 Å². The van der Waals surface area contributed by atoms with E-state index in [4.69, 9.17) is 0 Å². The van der Waals surface area contributed by atoms with Gasteiger partial charge in [-0.15, -0.1) is 0 Å². The van der Waals surface area contributed by atoms with Crippen molar-refractivity contribution in [1.82, 2.24) is 9.97 Å². The van der Waals surface area contributed by atoms with Gasteiger partial charge in [-0.1, -0.05) is 12.1 Å². The van der Waals surface area contributed by atoms with Crippen molar-refractivity contribution in [1.29, 1.82) is 0 Å². The fourth-order valence-electron chi connectivity index (χ4n) is 2.74. The number of benzene rings is 1. The maximum Gasteiger partial charge on any atom is 0.229 e. The van der Waals surface area contributed by atoms with E-state index >= 15 is 0 Å². The minimum atomic E-state index is 0.682. The second-order valence-electron chi connectivity index (χ2n) is 5.73. The predicted molar refractivity (Wildman–Crippen MR) is 87.3 cm³/mol. The van der Waals surface area contributed by atoms with Crippen molar-refractivity contribution in [3.63, 3.8) is 0 Å². The number of hydrogen-bond acceptors (Lipinski definition) is 4. The molecule has 0 saturated carbocycles. The van der Waals surface area contributed by atoms with Gasteiger partial charge < -0.3 is 10.2 Å². The molecule has 2 heterocycles. The minimum absolute atomic E-state index is 0.682. The van der Waals surface area contributed by atoms with Crippen LogP contribution in [0.2, 0.25) is 0 Å². The first-order valence-electron chi connectivity index (χ1n) is 7.65. The molecule has 1 aliphatic heterocycles. The maximum absolute atomic E-state index is 4.69. The quantitative estimate of drug-likeness (QED) is 0.929. The van der Waals surface area contributed by atoms with E-state index in [9.17, 15) is 0 Å². The Labute approximate surface area is 126 Å². The molecule has 21 heavy (non-hydrogen) atoms. The van der Waals surface area contributed by atoms with Crippen molar-refractivity contribution in [3.05, 3.63) is 41.6 Å². The molecule has 1 aromatic heterocycles. The molecule has 0 bridgehead atoms. The lowest BCUT2D eigenvalue weighted by atomic mass is 10.1. The molecule has 110 valence electrons. The Morgan fingerprint density at radius 2 is 1.81 bits per heavy atom. The Balaban J connectivity index is 1.83. The Bertz CT molecular complexity index is 618.